The molecule has 1 aliphatic rings. The van der Waals surface area contributed by atoms with Crippen LogP contribution < -0.4 is 4.74 Å². The number of hydrogen-bond acceptors (Lipinski definition) is 5. The molecule has 6 heteroatoms. The van der Waals surface area contributed by atoms with Gasteiger partial charge in [-0.05, 0) is 38.5 Å². The lowest BCUT2D eigenvalue weighted by atomic mass is 10.1. The van der Waals surface area contributed by atoms with Crippen molar-refractivity contribution in [3.05, 3.63) is 46.8 Å². The van der Waals surface area contributed by atoms with Crippen LogP contribution in [0.2, 0.25) is 0 Å². The summed E-state index contributed by atoms with van der Waals surface area (Å²) in [6.07, 6.45) is 0.397. The number of nitrogens with zero attached hydrogens (tertiary/aromatic N) is 2. The van der Waals surface area contributed by atoms with Crippen LogP contribution in [0.4, 0.5) is 0 Å². The molecule has 1 aromatic heterocycles. The number of aromatic nitrogens is 1. The highest BCUT2D eigenvalue weighted by Crippen LogP contribution is 2.18. The summed E-state index contributed by atoms with van der Waals surface area (Å²) in [6, 6.07) is 7.80. The van der Waals surface area contributed by atoms with Gasteiger partial charge in [0.2, 0.25) is 5.91 Å². The van der Waals surface area contributed by atoms with Crippen molar-refractivity contribution in [2.75, 3.05) is 19.8 Å². The Labute approximate surface area is 147 Å². The molecule has 1 aliphatic heterocycles. The summed E-state index contributed by atoms with van der Waals surface area (Å²) in [4.78, 5) is 14.3. The van der Waals surface area contributed by atoms with Crippen LogP contribution in [0.15, 0.2) is 28.8 Å². The molecule has 1 amide bonds. The lowest BCUT2D eigenvalue weighted by Crippen LogP contribution is -2.47. The van der Waals surface area contributed by atoms with Crippen molar-refractivity contribution in [2.45, 2.75) is 39.8 Å². The molecule has 1 saturated heterocycles. The zero-order valence-corrected chi connectivity index (χ0v) is 14.9. The van der Waals surface area contributed by atoms with Gasteiger partial charge in [-0.25, -0.2) is 0 Å². The Balaban J connectivity index is 1.56. The minimum Gasteiger partial charge on any atom is -0.489 e. The Hall–Kier alpha value is -2.34. The van der Waals surface area contributed by atoms with Crippen LogP contribution in [0.1, 0.15) is 29.5 Å². The lowest BCUT2D eigenvalue weighted by molar-refractivity contribution is -0.138. The fourth-order valence-electron chi connectivity index (χ4n) is 2.94. The molecule has 3 rings (SSSR count). The number of hydrogen-bond donors (Lipinski definition) is 0. The minimum atomic E-state index is 0.138. The van der Waals surface area contributed by atoms with E-state index in [0.29, 0.717) is 32.8 Å². The summed E-state index contributed by atoms with van der Waals surface area (Å²) in [6.45, 7) is 8.10. The van der Waals surface area contributed by atoms with E-state index in [1.54, 1.807) is 0 Å². The first-order valence-electron chi connectivity index (χ1n) is 8.55. The number of carbonyl (C=O) groups excluding carboxylic acids is 1. The van der Waals surface area contributed by atoms with Crippen molar-refractivity contribution in [3.63, 3.8) is 0 Å². The molecule has 6 nitrogen and oxygen atoms in total. The second-order valence-electron chi connectivity index (χ2n) is 6.42. The van der Waals surface area contributed by atoms with Gasteiger partial charge >= 0.3 is 0 Å². The van der Waals surface area contributed by atoms with Gasteiger partial charge < -0.3 is 18.9 Å². The monoisotopic (exact) mass is 344 g/mol. The van der Waals surface area contributed by atoms with Crippen LogP contribution in [0.25, 0.3) is 0 Å². The average molecular weight is 344 g/mol. The first kappa shape index (κ1) is 17.5. The molecule has 1 atom stereocenters. The van der Waals surface area contributed by atoms with Crippen molar-refractivity contribution in [1.29, 1.82) is 0 Å². The van der Waals surface area contributed by atoms with Crippen molar-refractivity contribution < 1.29 is 18.8 Å². The van der Waals surface area contributed by atoms with Crippen LogP contribution in [0.5, 0.6) is 5.75 Å². The maximum absolute atomic E-state index is 12.4. The fraction of sp³-hybridized carbons (Fsp3) is 0.474. The third-order valence-corrected chi connectivity index (χ3v) is 4.53. The van der Waals surface area contributed by atoms with E-state index in [4.69, 9.17) is 14.0 Å². The number of carbonyl (C=O) groups is 1. The second kappa shape index (κ2) is 7.70. The quantitative estimate of drug-likeness (QED) is 0.834. The Morgan fingerprint density at radius 3 is 2.72 bits per heavy atom. The highest BCUT2D eigenvalue weighted by molar-refractivity contribution is 5.79. The standard InChI is InChI=1S/C19H24N2O4/c1-13-11-23-9-8-21(13)19(22)10-16-4-6-17(7-5-16)24-12-18-14(2)20-25-15(18)3/h4-7,13H,8-12H2,1-3H3/t13-/m0/s1. The maximum atomic E-state index is 12.4. The van der Waals surface area contributed by atoms with Gasteiger partial charge in [0.1, 0.15) is 18.1 Å². The van der Waals surface area contributed by atoms with Crippen LogP contribution in [-0.4, -0.2) is 41.8 Å². The predicted molar refractivity (Wildman–Crippen MR) is 92.4 cm³/mol. The van der Waals surface area contributed by atoms with Crippen LogP contribution in [0.3, 0.4) is 0 Å². The Kier molecular flexibility index (Phi) is 5.38. The summed E-state index contributed by atoms with van der Waals surface area (Å²) in [5.74, 6) is 1.68. The zero-order chi connectivity index (χ0) is 17.8. The SMILES string of the molecule is Cc1noc(C)c1COc1ccc(CC(=O)N2CCOC[C@@H]2C)cc1. The van der Waals surface area contributed by atoms with Gasteiger partial charge in [0.15, 0.2) is 0 Å². The van der Waals surface area contributed by atoms with E-state index in [0.717, 1.165) is 28.3 Å². The zero-order valence-electron chi connectivity index (χ0n) is 14.9. The summed E-state index contributed by atoms with van der Waals surface area (Å²) >= 11 is 0. The molecule has 0 spiro atoms. The number of amides is 1. The predicted octanol–water partition coefficient (Wildman–Crippen LogP) is 2.66. The first-order valence-corrected chi connectivity index (χ1v) is 8.55. The van der Waals surface area contributed by atoms with E-state index in [9.17, 15) is 4.79 Å². The molecule has 1 fully saturated rings. The molecule has 1 aromatic carbocycles. The van der Waals surface area contributed by atoms with Crippen molar-refractivity contribution in [1.82, 2.24) is 10.1 Å². The molecular weight excluding hydrogens is 320 g/mol. The van der Waals surface area contributed by atoms with Gasteiger partial charge in [0.05, 0.1) is 36.9 Å². The third-order valence-electron chi connectivity index (χ3n) is 4.53. The number of aryl methyl sites for hydroxylation is 2. The normalized spacial score (nSPS) is 17.6. The molecule has 134 valence electrons. The molecule has 2 heterocycles. The van der Waals surface area contributed by atoms with Crippen LogP contribution in [-0.2, 0) is 22.6 Å². The fourth-order valence-corrected chi connectivity index (χ4v) is 2.94. The van der Waals surface area contributed by atoms with E-state index in [1.165, 1.54) is 0 Å². The Bertz CT molecular complexity index is 704. The molecule has 0 bridgehead atoms. The van der Waals surface area contributed by atoms with Crippen molar-refractivity contribution >= 4 is 5.91 Å². The topological polar surface area (TPSA) is 64.8 Å². The van der Waals surface area contributed by atoms with Crippen LogP contribution >= 0.6 is 0 Å². The Morgan fingerprint density at radius 2 is 2.08 bits per heavy atom. The number of morpholine rings is 1. The van der Waals surface area contributed by atoms with Crippen LogP contribution in [0, 0.1) is 13.8 Å². The first-order chi connectivity index (χ1) is 12.0. The van der Waals surface area contributed by atoms with E-state index in [2.05, 4.69) is 5.16 Å². The van der Waals surface area contributed by atoms with Gasteiger partial charge in [0.25, 0.3) is 0 Å². The molecule has 0 unspecified atom stereocenters. The number of ether oxygens (including phenoxy) is 2. The Morgan fingerprint density at radius 1 is 1.32 bits per heavy atom. The highest BCUT2D eigenvalue weighted by atomic mass is 16.5. The van der Waals surface area contributed by atoms with Crippen molar-refractivity contribution in [2.24, 2.45) is 0 Å². The van der Waals surface area contributed by atoms with E-state index in [-0.39, 0.29) is 11.9 Å². The summed E-state index contributed by atoms with van der Waals surface area (Å²) in [7, 11) is 0. The van der Waals surface area contributed by atoms with E-state index < -0.39 is 0 Å². The molecule has 0 aliphatic carbocycles. The van der Waals surface area contributed by atoms with Gasteiger partial charge in [-0.2, -0.15) is 0 Å². The van der Waals surface area contributed by atoms with Gasteiger partial charge in [-0.3, -0.25) is 4.79 Å². The largest absolute Gasteiger partial charge is 0.489 e. The lowest BCUT2D eigenvalue weighted by Gasteiger charge is -2.33. The molecular formula is C19H24N2O4. The third kappa shape index (κ3) is 4.20. The van der Waals surface area contributed by atoms with E-state index in [1.807, 2.05) is 49.9 Å². The maximum Gasteiger partial charge on any atom is 0.227 e. The second-order valence-corrected chi connectivity index (χ2v) is 6.42. The minimum absolute atomic E-state index is 0.138. The summed E-state index contributed by atoms with van der Waals surface area (Å²) in [5.41, 5.74) is 2.80. The van der Waals surface area contributed by atoms with Gasteiger partial charge in [-0.15, -0.1) is 0 Å². The number of rotatable bonds is 5. The summed E-state index contributed by atoms with van der Waals surface area (Å²) < 4.78 is 16.3. The van der Waals surface area contributed by atoms with Gasteiger partial charge in [-0.1, -0.05) is 17.3 Å². The number of benzene rings is 1. The van der Waals surface area contributed by atoms with Crippen molar-refractivity contribution in [3.8, 4) is 5.75 Å². The average Bonchev–Trinajstić information content (AvgIpc) is 2.93. The van der Waals surface area contributed by atoms with Gasteiger partial charge in [0, 0.05) is 6.54 Å². The molecule has 0 saturated carbocycles. The highest BCUT2D eigenvalue weighted by Gasteiger charge is 2.23. The molecule has 0 N–H and O–H groups in total. The summed E-state index contributed by atoms with van der Waals surface area (Å²) in [5, 5.41) is 3.92. The smallest absolute Gasteiger partial charge is 0.227 e. The molecule has 2 aromatic rings. The van der Waals surface area contributed by atoms with E-state index >= 15 is 0 Å². The molecule has 0 radical (unpaired) electrons. The molecule has 25 heavy (non-hydrogen) atoms.